The van der Waals surface area contributed by atoms with Crippen molar-refractivity contribution in [3.8, 4) is 5.75 Å². The van der Waals surface area contributed by atoms with Gasteiger partial charge in [0.15, 0.2) is 0 Å². The molecule has 1 aromatic carbocycles. The maximum atomic E-state index is 11.0. The molecular weight excluding hydrogens is 274 g/mol. The first-order chi connectivity index (χ1) is 9.61. The molecule has 0 spiro atoms. The van der Waals surface area contributed by atoms with Crippen LogP contribution < -0.4 is 10.1 Å². The van der Waals surface area contributed by atoms with Gasteiger partial charge < -0.3 is 15.2 Å². The van der Waals surface area contributed by atoms with Gasteiger partial charge in [0.2, 0.25) is 0 Å². The molecule has 0 radical (unpaired) electrons. The highest BCUT2D eigenvalue weighted by atomic mass is 32.1. The van der Waals surface area contributed by atoms with Crippen LogP contribution >= 0.6 is 11.3 Å². The highest BCUT2D eigenvalue weighted by Crippen LogP contribution is 2.20. The number of rotatable bonds is 6. The molecule has 2 N–H and O–H groups in total. The number of hydrogen-bond acceptors (Lipinski definition) is 4. The topological polar surface area (TPSA) is 58.6 Å². The summed E-state index contributed by atoms with van der Waals surface area (Å²) in [5, 5.41) is 14.2. The third-order valence-corrected chi connectivity index (χ3v) is 4.10. The van der Waals surface area contributed by atoms with E-state index in [2.05, 4.69) is 12.2 Å². The normalized spacial score (nSPS) is 12.1. The minimum atomic E-state index is -0.867. The highest BCUT2D eigenvalue weighted by Gasteiger charge is 2.12. The van der Waals surface area contributed by atoms with Crippen molar-refractivity contribution in [3.63, 3.8) is 0 Å². The van der Waals surface area contributed by atoms with Crippen LogP contribution in [-0.2, 0) is 6.54 Å². The van der Waals surface area contributed by atoms with E-state index in [9.17, 15) is 4.79 Å². The van der Waals surface area contributed by atoms with Gasteiger partial charge in [-0.15, -0.1) is 11.3 Å². The average Bonchev–Trinajstić information content (AvgIpc) is 2.93. The molecule has 0 unspecified atom stereocenters. The quantitative estimate of drug-likeness (QED) is 0.857. The van der Waals surface area contributed by atoms with E-state index in [1.807, 2.05) is 30.3 Å². The Hall–Kier alpha value is -1.85. The van der Waals surface area contributed by atoms with Crippen molar-refractivity contribution in [3.05, 3.63) is 51.7 Å². The molecule has 0 amide bonds. The van der Waals surface area contributed by atoms with Gasteiger partial charge in [0.05, 0.1) is 7.11 Å². The molecule has 106 valence electrons. The molecule has 0 saturated carbocycles. The Morgan fingerprint density at radius 1 is 1.35 bits per heavy atom. The number of carboxylic acid groups (broad SMARTS) is 1. The van der Waals surface area contributed by atoms with Gasteiger partial charge in [-0.3, -0.25) is 0 Å². The molecule has 1 heterocycles. The van der Waals surface area contributed by atoms with E-state index in [1.54, 1.807) is 12.5 Å². The van der Waals surface area contributed by atoms with E-state index in [0.29, 0.717) is 11.4 Å². The summed E-state index contributed by atoms with van der Waals surface area (Å²) in [6, 6.07) is 9.83. The zero-order chi connectivity index (χ0) is 14.5. The highest BCUT2D eigenvalue weighted by molar-refractivity contribution is 7.12. The fourth-order valence-corrected chi connectivity index (χ4v) is 2.70. The molecule has 0 fully saturated rings. The minimum Gasteiger partial charge on any atom is -0.497 e. The minimum absolute atomic E-state index is 0.141. The van der Waals surface area contributed by atoms with Gasteiger partial charge in [-0.05, 0) is 41.6 Å². The smallest absolute Gasteiger partial charge is 0.346 e. The first-order valence-electron chi connectivity index (χ1n) is 6.29. The number of nitrogens with one attached hydrogen (secondary N) is 1. The molecule has 0 aliphatic heterocycles. The van der Waals surface area contributed by atoms with Gasteiger partial charge in [-0.2, -0.15) is 0 Å². The van der Waals surface area contributed by atoms with Crippen LogP contribution in [0.5, 0.6) is 5.75 Å². The Morgan fingerprint density at radius 3 is 2.65 bits per heavy atom. The maximum Gasteiger partial charge on any atom is 0.346 e. The molecule has 0 aliphatic rings. The Morgan fingerprint density at radius 2 is 2.05 bits per heavy atom. The fourth-order valence-electron chi connectivity index (χ4n) is 1.94. The van der Waals surface area contributed by atoms with Crippen LogP contribution in [-0.4, -0.2) is 18.2 Å². The average molecular weight is 291 g/mol. The van der Waals surface area contributed by atoms with Crippen molar-refractivity contribution in [2.24, 2.45) is 0 Å². The Labute approximate surface area is 122 Å². The van der Waals surface area contributed by atoms with Crippen molar-refractivity contribution in [2.75, 3.05) is 7.11 Å². The maximum absolute atomic E-state index is 11.0. The summed E-state index contributed by atoms with van der Waals surface area (Å²) < 4.78 is 5.13. The van der Waals surface area contributed by atoms with Gasteiger partial charge in [-0.1, -0.05) is 12.1 Å². The number of thiophene rings is 1. The fraction of sp³-hybridized carbons (Fsp3) is 0.267. The summed E-state index contributed by atoms with van der Waals surface area (Å²) in [5.74, 6) is -0.0409. The third-order valence-electron chi connectivity index (χ3n) is 3.16. The molecular formula is C15H17NO3S. The number of aromatic carboxylic acids is 1. The van der Waals surface area contributed by atoms with Crippen molar-refractivity contribution in [1.29, 1.82) is 0 Å². The SMILES string of the molecule is COc1ccc([C@@H](C)NCc2ccsc2C(=O)O)cc1. The van der Waals surface area contributed by atoms with E-state index in [0.717, 1.165) is 16.9 Å². The van der Waals surface area contributed by atoms with Gasteiger partial charge in [0, 0.05) is 12.6 Å². The first kappa shape index (κ1) is 14.6. The van der Waals surface area contributed by atoms with E-state index in [1.165, 1.54) is 11.3 Å². The standard InChI is InChI=1S/C15H17NO3S/c1-10(11-3-5-13(19-2)6-4-11)16-9-12-7-8-20-14(12)15(17)18/h3-8,10,16H,9H2,1-2H3,(H,17,18)/t10-/m1/s1. The number of benzene rings is 1. The summed E-state index contributed by atoms with van der Waals surface area (Å²) in [4.78, 5) is 11.4. The summed E-state index contributed by atoms with van der Waals surface area (Å²) >= 11 is 1.25. The van der Waals surface area contributed by atoms with Crippen LogP contribution in [0.1, 0.15) is 33.8 Å². The second kappa shape index (κ2) is 6.54. The molecule has 1 atom stereocenters. The van der Waals surface area contributed by atoms with Crippen LogP contribution in [0.4, 0.5) is 0 Å². The largest absolute Gasteiger partial charge is 0.497 e. The molecule has 2 rings (SSSR count). The second-order valence-electron chi connectivity index (χ2n) is 4.46. The Balaban J connectivity index is 1.99. The van der Waals surface area contributed by atoms with E-state index in [4.69, 9.17) is 9.84 Å². The van der Waals surface area contributed by atoms with Crippen LogP contribution in [0.2, 0.25) is 0 Å². The summed E-state index contributed by atoms with van der Waals surface area (Å²) in [6.07, 6.45) is 0. The monoisotopic (exact) mass is 291 g/mol. The van der Waals surface area contributed by atoms with Gasteiger partial charge >= 0.3 is 5.97 Å². The molecule has 0 bridgehead atoms. The Bertz CT molecular complexity index is 577. The lowest BCUT2D eigenvalue weighted by molar-refractivity contribution is 0.0701. The molecule has 4 nitrogen and oxygen atoms in total. The lowest BCUT2D eigenvalue weighted by atomic mass is 10.1. The number of methoxy groups -OCH3 is 1. The molecule has 2 aromatic rings. The first-order valence-corrected chi connectivity index (χ1v) is 7.16. The zero-order valence-corrected chi connectivity index (χ0v) is 12.2. The van der Waals surface area contributed by atoms with Crippen LogP contribution in [0.25, 0.3) is 0 Å². The second-order valence-corrected chi connectivity index (χ2v) is 5.37. The lowest BCUT2D eigenvalue weighted by Gasteiger charge is -2.14. The predicted octanol–water partition coefficient (Wildman–Crippen LogP) is 3.31. The predicted molar refractivity (Wildman–Crippen MR) is 79.5 cm³/mol. The van der Waals surface area contributed by atoms with Crippen LogP contribution in [0.15, 0.2) is 35.7 Å². The van der Waals surface area contributed by atoms with E-state index in [-0.39, 0.29) is 6.04 Å². The molecule has 1 aromatic heterocycles. The number of ether oxygens (including phenoxy) is 1. The van der Waals surface area contributed by atoms with E-state index >= 15 is 0 Å². The number of carboxylic acids is 1. The molecule has 5 heteroatoms. The summed E-state index contributed by atoms with van der Waals surface area (Å²) in [5.41, 5.74) is 1.96. The van der Waals surface area contributed by atoms with E-state index < -0.39 is 5.97 Å². The molecule has 20 heavy (non-hydrogen) atoms. The zero-order valence-electron chi connectivity index (χ0n) is 11.4. The van der Waals surface area contributed by atoms with Crippen LogP contribution in [0.3, 0.4) is 0 Å². The number of carbonyl (C=O) groups is 1. The van der Waals surface area contributed by atoms with Crippen molar-refractivity contribution >= 4 is 17.3 Å². The molecule has 0 saturated heterocycles. The van der Waals surface area contributed by atoms with Crippen molar-refractivity contribution in [2.45, 2.75) is 19.5 Å². The summed E-state index contributed by atoms with van der Waals surface area (Å²) in [6.45, 7) is 2.59. The van der Waals surface area contributed by atoms with Crippen LogP contribution in [0, 0.1) is 0 Å². The number of hydrogen-bond donors (Lipinski definition) is 2. The molecule has 0 aliphatic carbocycles. The van der Waals surface area contributed by atoms with Crippen molar-refractivity contribution < 1.29 is 14.6 Å². The lowest BCUT2D eigenvalue weighted by Crippen LogP contribution is -2.18. The van der Waals surface area contributed by atoms with Gasteiger partial charge in [0.1, 0.15) is 10.6 Å². The Kier molecular flexibility index (Phi) is 4.76. The third kappa shape index (κ3) is 3.37. The summed E-state index contributed by atoms with van der Waals surface area (Å²) in [7, 11) is 1.64. The van der Waals surface area contributed by atoms with Gasteiger partial charge in [-0.25, -0.2) is 4.79 Å². The van der Waals surface area contributed by atoms with Gasteiger partial charge in [0.25, 0.3) is 0 Å². The van der Waals surface area contributed by atoms with Crippen molar-refractivity contribution in [1.82, 2.24) is 5.32 Å².